The van der Waals surface area contributed by atoms with Gasteiger partial charge < -0.3 is 5.73 Å². The van der Waals surface area contributed by atoms with Gasteiger partial charge in [0.25, 0.3) is 5.16 Å². The first-order chi connectivity index (χ1) is 9.37. The van der Waals surface area contributed by atoms with Crippen LogP contribution in [0.25, 0.3) is 0 Å². The van der Waals surface area contributed by atoms with Crippen LogP contribution in [0.5, 0.6) is 0 Å². The second-order valence-electron chi connectivity index (χ2n) is 4.23. The third-order valence-electron chi connectivity index (χ3n) is 2.88. The molecule has 1 heterocycles. The van der Waals surface area contributed by atoms with Crippen molar-refractivity contribution in [2.75, 3.05) is 0 Å². The molecule has 0 fully saturated rings. The van der Waals surface area contributed by atoms with E-state index in [0.29, 0.717) is 22.2 Å². The van der Waals surface area contributed by atoms with E-state index in [4.69, 9.17) is 5.73 Å². The molecule has 0 saturated heterocycles. The molecule has 0 aliphatic rings. The lowest BCUT2D eigenvalue weighted by atomic mass is 10.1. The van der Waals surface area contributed by atoms with Gasteiger partial charge >= 0.3 is 6.03 Å². The van der Waals surface area contributed by atoms with E-state index in [-0.39, 0.29) is 4.90 Å². The Morgan fingerprint density at radius 2 is 2.10 bits per heavy atom. The van der Waals surface area contributed by atoms with E-state index < -0.39 is 21.0 Å². The van der Waals surface area contributed by atoms with E-state index in [1.807, 2.05) is 6.92 Å². The predicted molar refractivity (Wildman–Crippen MR) is 71.0 cm³/mol. The highest BCUT2D eigenvalue weighted by atomic mass is 32.2. The molecule has 1 aromatic heterocycles. The fourth-order valence-corrected chi connectivity index (χ4v) is 3.56. The monoisotopic (exact) mass is 294 g/mol. The Morgan fingerprint density at radius 1 is 1.40 bits per heavy atom. The molecule has 0 saturated carbocycles. The topological polar surface area (TPSA) is 108 Å². The van der Waals surface area contributed by atoms with Crippen LogP contribution in [0, 0.1) is 6.92 Å². The van der Waals surface area contributed by atoms with E-state index >= 15 is 0 Å². The van der Waals surface area contributed by atoms with Crippen molar-refractivity contribution >= 4 is 15.9 Å². The first kappa shape index (κ1) is 14.2. The van der Waals surface area contributed by atoms with Gasteiger partial charge in [-0.1, -0.05) is 25.1 Å². The number of sulfone groups is 1. The molecular weight excluding hydrogens is 280 g/mol. The number of carbonyl (C=O) groups excluding carboxylic acids is 1. The van der Waals surface area contributed by atoms with E-state index in [1.165, 1.54) is 0 Å². The summed E-state index contributed by atoms with van der Waals surface area (Å²) in [5.41, 5.74) is 6.31. The Morgan fingerprint density at radius 3 is 2.65 bits per heavy atom. The SMILES string of the molecule is CCc1cccc(C)c1S(=O)(=O)c1ncn(C(N)=O)n1. The summed E-state index contributed by atoms with van der Waals surface area (Å²) in [4.78, 5) is 14.8. The highest BCUT2D eigenvalue weighted by Crippen LogP contribution is 2.25. The number of benzene rings is 1. The van der Waals surface area contributed by atoms with Crippen LogP contribution in [0.15, 0.2) is 34.6 Å². The van der Waals surface area contributed by atoms with Crippen LogP contribution in [-0.4, -0.2) is 29.2 Å². The van der Waals surface area contributed by atoms with Gasteiger partial charge in [0.1, 0.15) is 6.33 Å². The predicted octanol–water partition coefficient (Wildman–Crippen LogP) is 0.909. The molecule has 1 aromatic carbocycles. The van der Waals surface area contributed by atoms with Crippen LogP contribution in [0.3, 0.4) is 0 Å². The molecule has 1 amide bonds. The van der Waals surface area contributed by atoms with Gasteiger partial charge in [-0.25, -0.2) is 18.2 Å². The van der Waals surface area contributed by atoms with Crippen LogP contribution in [0.1, 0.15) is 18.1 Å². The number of aromatic nitrogens is 3. The zero-order valence-corrected chi connectivity index (χ0v) is 11.9. The Kier molecular flexibility index (Phi) is 3.58. The fraction of sp³-hybridized carbons (Fsp3) is 0.250. The lowest BCUT2D eigenvalue weighted by molar-refractivity contribution is 0.247. The second kappa shape index (κ2) is 5.04. The highest BCUT2D eigenvalue weighted by molar-refractivity contribution is 7.91. The molecule has 7 nitrogen and oxygen atoms in total. The zero-order valence-electron chi connectivity index (χ0n) is 11.1. The average molecular weight is 294 g/mol. The molecule has 8 heteroatoms. The summed E-state index contributed by atoms with van der Waals surface area (Å²) in [7, 11) is -3.88. The van der Waals surface area contributed by atoms with Gasteiger partial charge in [0.2, 0.25) is 9.84 Å². The molecule has 0 spiro atoms. The van der Waals surface area contributed by atoms with Gasteiger partial charge in [-0.2, -0.15) is 4.68 Å². The highest BCUT2D eigenvalue weighted by Gasteiger charge is 2.27. The first-order valence-electron chi connectivity index (χ1n) is 5.93. The molecule has 0 unspecified atom stereocenters. The van der Waals surface area contributed by atoms with Crippen molar-refractivity contribution in [3.05, 3.63) is 35.7 Å². The largest absolute Gasteiger partial charge is 0.350 e. The molecule has 0 bridgehead atoms. The van der Waals surface area contributed by atoms with Crippen LogP contribution in [-0.2, 0) is 16.3 Å². The minimum Gasteiger partial charge on any atom is -0.350 e. The number of amides is 1. The quantitative estimate of drug-likeness (QED) is 0.905. The Hall–Kier alpha value is -2.22. The number of hydrogen-bond donors (Lipinski definition) is 1. The minimum absolute atomic E-state index is 0.185. The fourth-order valence-electron chi connectivity index (χ4n) is 1.94. The maximum absolute atomic E-state index is 12.6. The number of aryl methyl sites for hydroxylation is 2. The number of carbonyl (C=O) groups is 1. The normalized spacial score (nSPS) is 11.5. The second-order valence-corrected chi connectivity index (χ2v) is 6.01. The Bertz CT molecular complexity index is 765. The summed E-state index contributed by atoms with van der Waals surface area (Å²) in [5.74, 6) is 0. The summed E-state index contributed by atoms with van der Waals surface area (Å²) in [5, 5.41) is 3.19. The van der Waals surface area contributed by atoms with Crippen molar-refractivity contribution < 1.29 is 13.2 Å². The van der Waals surface area contributed by atoms with Crippen molar-refractivity contribution in [2.24, 2.45) is 5.73 Å². The minimum atomic E-state index is -3.88. The molecule has 20 heavy (non-hydrogen) atoms. The Balaban J connectivity index is 2.63. The average Bonchev–Trinajstić information content (AvgIpc) is 2.88. The maximum atomic E-state index is 12.6. The van der Waals surface area contributed by atoms with Gasteiger partial charge in [-0.15, -0.1) is 5.10 Å². The van der Waals surface area contributed by atoms with Gasteiger partial charge in [0.05, 0.1) is 4.90 Å². The molecule has 2 aromatic rings. The Labute approximate surface area is 116 Å². The van der Waals surface area contributed by atoms with Crippen molar-refractivity contribution in [3.63, 3.8) is 0 Å². The lowest BCUT2D eigenvalue weighted by Gasteiger charge is -2.09. The van der Waals surface area contributed by atoms with E-state index in [1.54, 1.807) is 25.1 Å². The summed E-state index contributed by atoms with van der Waals surface area (Å²) in [6.07, 6.45) is 1.55. The molecule has 0 aliphatic heterocycles. The first-order valence-corrected chi connectivity index (χ1v) is 7.41. The van der Waals surface area contributed by atoms with Crippen molar-refractivity contribution in [3.8, 4) is 0 Å². The smallest absolute Gasteiger partial charge is 0.340 e. The van der Waals surface area contributed by atoms with Crippen molar-refractivity contribution in [1.82, 2.24) is 14.8 Å². The van der Waals surface area contributed by atoms with Gasteiger partial charge in [0, 0.05) is 0 Å². The van der Waals surface area contributed by atoms with Crippen molar-refractivity contribution in [1.29, 1.82) is 0 Å². The third kappa shape index (κ3) is 2.29. The van der Waals surface area contributed by atoms with Crippen LogP contribution >= 0.6 is 0 Å². The standard InChI is InChI=1S/C12H14N4O3S/c1-3-9-6-4-5-8(2)10(9)20(18,19)12-14-7-16(15-12)11(13)17/h4-7H,3H2,1-2H3,(H2,13,17). The number of nitrogens with zero attached hydrogens (tertiary/aromatic N) is 3. The molecule has 106 valence electrons. The molecule has 0 aliphatic carbocycles. The number of nitrogens with two attached hydrogens (primary N) is 1. The maximum Gasteiger partial charge on any atom is 0.340 e. The number of rotatable bonds is 3. The zero-order chi connectivity index (χ0) is 14.9. The van der Waals surface area contributed by atoms with E-state index in [2.05, 4.69) is 10.1 Å². The van der Waals surface area contributed by atoms with Gasteiger partial charge in [0.15, 0.2) is 0 Å². The van der Waals surface area contributed by atoms with Crippen LogP contribution in [0.4, 0.5) is 4.79 Å². The molecule has 2 N–H and O–H groups in total. The summed E-state index contributed by atoms with van der Waals surface area (Å²) >= 11 is 0. The lowest BCUT2D eigenvalue weighted by Crippen LogP contribution is -2.20. The van der Waals surface area contributed by atoms with Gasteiger partial charge in [-0.3, -0.25) is 0 Å². The molecule has 0 radical (unpaired) electrons. The number of primary amides is 1. The summed E-state index contributed by atoms with van der Waals surface area (Å²) < 4.78 is 25.9. The van der Waals surface area contributed by atoms with E-state index in [0.717, 1.165) is 6.33 Å². The summed E-state index contributed by atoms with van der Waals surface area (Å²) in [6, 6.07) is 4.35. The van der Waals surface area contributed by atoms with E-state index in [9.17, 15) is 13.2 Å². The number of hydrogen-bond acceptors (Lipinski definition) is 5. The van der Waals surface area contributed by atoms with Crippen LogP contribution in [0.2, 0.25) is 0 Å². The van der Waals surface area contributed by atoms with Crippen LogP contribution < -0.4 is 5.73 Å². The third-order valence-corrected chi connectivity index (χ3v) is 4.67. The summed E-state index contributed by atoms with van der Waals surface area (Å²) in [6.45, 7) is 3.57. The molecule has 0 atom stereocenters. The molecule has 2 rings (SSSR count). The van der Waals surface area contributed by atoms with Crippen molar-refractivity contribution in [2.45, 2.75) is 30.3 Å². The molecular formula is C12H14N4O3S. The van der Waals surface area contributed by atoms with Gasteiger partial charge in [-0.05, 0) is 24.5 Å².